The summed E-state index contributed by atoms with van der Waals surface area (Å²) in [5.41, 5.74) is 1.63. The fourth-order valence-corrected chi connectivity index (χ4v) is 3.20. The largest absolute Gasteiger partial charge is 0.452 e. The van der Waals surface area contributed by atoms with Gasteiger partial charge >= 0.3 is 5.97 Å². The Labute approximate surface area is 175 Å². The first-order valence-corrected chi connectivity index (χ1v) is 9.23. The van der Waals surface area contributed by atoms with Gasteiger partial charge in [-0.05, 0) is 30.3 Å². The van der Waals surface area contributed by atoms with E-state index in [1.165, 1.54) is 36.5 Å². The molecule has 3 aromatic rings. The van der Waals surface area contributed by atoms with Crippen LogP contribution in [0.15, 0.2) is 60.8 Å². The van der Waals surface area contributed by atoms with Crippen molar-refractivity contribution in [3.05, 3.63) is 93.8 Å². The van der Waals surface area contributed by atoms with Gasteiger partial charge in [-0.2, -0.15) is 0 Å². The van der Waals surface area contributed by atoms with E-state index in [1.54, 1.807) is 24.3 Å². The molecule has 0 fully saturated rings. The minimum Gasteiger partial charge on any atom is -0.452 e. The molecular formula is C22H13ClN2O5. The Hall–Kier alpha value is -3.84. The Balaban J connectivity index is 1.45. The maximum atomic E-state index is 12.7. The Morgan fingerprint density at radius 1 is 0.900 bits per heavy atom. The highest BCUT2D eigenvalue weighted by Gasteiger charge is 2.29. The molecular weight excluding hydrogens is 408 g/mol. The summed E-state index contributed by atoms with van der Waals surface area (Å²) in [4.78, 5) is 53.2. The summed E-state index contributed by atoms with van der Waals surface area (Å²) in [5, 5.41) is 2.78. The third-order valence-corrected chi connectivity index (χ3v) is 4.73. The number of aromatic nitrogens is 1. The monoisotopic (exact) mass is 420 g/mol. The van der Waals surface area contributed by atoms with E-state index in [-0.39, 0.29) is 33.4 Å². The van der Waals surface area contributed by atoms with Crippen LogP contribution in [-0.2, 0) is 9.53 Å². The molecule has 0 unspecified atom stereocenters. The van der Waals surface area contributed by atoms with Crippen LogP contribution in [0.2, 0.25) is 5.15 Å². The van der Waals surface area contributed by atoms with E-state index in [1.807, 2.05) is 0 Å². The van der Waals surface area contributed by atoms with Crippen molar-refractivity contribution < 1.29 is 23.9 Å². The number of hydrogen-bond acceptors (Lipinski definition) is 6. The van der Waals surface area contributed by atoms with Crippen molar-refractivity contribution in [2.45, 2.75) is 0 Å². The van der Waals surface area contributed by atoms with Gasteiger partial charge in [0.15, 0.2) is 18.2 Å². The van der Waals surface area contributed by atoms with Gasteiger partial charge in [-0.25, -0.2) is 9.78 Å². The number of fused-ring (bicyclic) bond motifs is 2. The minimum atomic E-state index is -0.725. The lowest BCUT2D eigenvalue weighted by molar-refractivity contribution is -0.119. The molecule has 0 saturated carbocycles. The summed E-state index contributed by atoms with van der Waals surface area (Å²) >= 11 is 5.66. The van der Waals surface area contributed by atoms with Gasteiger partial charge in [0.1, 0.15) is 5.15 Å². The second kappa shape index (κ2) is 7.88. The lowest BCUT2D eigenvalue weighted by Gasteiger charge is -2.18. The predicted octanol–water partition coefficient (Wildman–Crippen LogP) is 3.31. The number of ether oxygens (including phenoxy) is 1. The van der Waals surface area contributed by atoms with Gasteiger partial charge in [0.05, 0.1) is 5.56 Å². The van der Waals surface area contributed by atoms with Crippen LogP contribution < -0.4 is 5.32 Å². The van der Waals surface area contributed by atoms with E-state index in [4.69, 9.17) is 16.3 Å². The first-order chi connectivity index (χ1) is 14.4. The minimum absolute atomic E-state index is 0.156. The summed E-state index contributed by atoms with van der Waals surface area (Å²) in [6, 6.07) is 13.9. The second-order valence-electron chi connectivity index (χ2n) is 6.46. The number of nitrogens with one attached hydrogen (secondary N) is 1. The molecule has 2 aromatic carbocycles. The normalized spacial score (nSPS) is 12.0. The standard InChI is InChI=1S/C22H13ClN2O5/c23-18-8-5-12(10-24-18)22(29)30-11-19(26)25-13-6-7-16-17(9-13)21(28)15-4-2-1-3-14(15)20(16)27/h1-10H,11H2,(H,25,26). The highest BCUT2D eigenvalue weighted by atomic mass is 35.5. The zero-order chi connectivity index (χ0) is 21.3. The Bertz CT molecular complexity index is 1200. The number of pyridine rings is 1. The van der Waals surface area contributed by atoms with E-state index < -0.39 is 18.5 Å². The number of carbonyl (C=O) groups is 4. The van der Waals surface area contributed by atoms with E-state index in [0.717, 1.165) is 0 Å². The Kier molecular flexibility index (Phi) is 5.12. The summed E-state index contributed by atoms with van der Waals surface area (Å²) in [7, 11) is 0. The molecule has 0 aliphatic heterocycles. The molecule has 148 valence electrons. The molecule has 0 bridgehead atoms. The topological polar surface area (TPSA) is 102 Å². The molecule has 30 heavy (non-hydrogen) atoms. The number of hydrogen-bond donors (Lipinski definition) is 1. The van der Waals surface area contributed by atoms with Crippen molar-refractivity contribution in [3.63, 3.8) is 0 Å². The van der Waals surface area contributed by atoms with Gasteiger partial charge in [-0.3, -0.25) is 14.4 Å². The molecule has 8 heteroatoms. The number of esters is 1. The number of halogens is 1. The first-order valence-electron chi connectivity index (χ1n) is 8.85. The van der Waals surface area contributed by atoms with E-state index in [9.17, 15) is 19.2 Å². The fraction of sp³-hybridized carbons (Fsp3) is 0.0455. The number of anilines is 1. The van der Waals surface area contributed by atoms with Crippen molar-refractivity contribution in [2.75, 3.05) is 11.9 Å². The van der Waals surface area contributed by atoms with Crippen molar-refractivity contribution in [2.24, 2.45) is 0 Å². The molecule has 4 rings (SSSR count). The van der Waals surface area contributed by atoms with Crippen LogP contribution in [0.25, 0.3) is 0 Å². The maximum absolute atomic E-state index is 12.7. The lowest BCUT2D eigenvalue weighted by atomic mass is 9.84. The average Bonchev–Trinajstić information content (AvgIpc) is 2.76. The molecule has 0 atom stereocenters. The van der Waals surface area contributed by atoms with Crippen LogP contribution in [0, 0.1) is 0 Å². The van der Waals surface area contributed by atoms with Gasteiger partial charge in [-0.15, -0.1) is 0 Å². The van der Waals surface area contributed by atoms with Crippen molar-refractivity contribution in [1.29, 1.82) is 0 Å². The molecule has 1 N–H and O–H groups in total. The van der Waals surface area contributed by atoms with Crippen LogP contribution >= 0.6 is 11.6 Å². The summed E-state index contributed by atoms with van der Waals surface area (Å²) in [6.07, 6.45) is 1.24. The van der Waals surface area contributed by atoms with Gasteiger partial charge in [-0.1, -0.05) is 35.9 Å². The van der Waals surface area contributed by atoms with Gasteiger partial charge in [0.25, 0.3) is 5.91 Å². The molecule has 1 heterocycles. The number of carbonyl (C=O) groups excluding carboxylic acids is 4. The molecule has 0 spiro atoms. The molecule has 1 aliphatic carbocycles. The summed E-state index contributed by atoms with van der Waals surface area (Å²) in [6.45, 7) is -0.533. The number of benzene rings is 2. The summed E-state index contributed by atoms with van der Waals surface area (Å²) < 4.78 is 4.94. The number of amides is 1. The van der Waals surface area contributed by atoms with Crippen LogP contribution in [-0.4, -0.2) is 35.0 Å². The molecule has 7 nitrogen and oxygen atoms in total. The van der Waals surface area contributed by atoms with Gasteiger partial charge in [0.2, 0.25) is 0 Å². The summed E-state index contributed by atoms with van der Waals surface area (Å²) in [5.74, 6) is -1.86. The van der Waals surface area contributed by atoms with E-state index >= 15 is 0 Å². The lowest BCUT2D eigenvalue weighted by Crippen LogP contribution is -2.23. The van der Waals surface area contributed by atoms with Crippen molar-refractivity contribution >= 4 is 40.7 Å². The SMILES string of the molecule is O=C(COC(=O)c1ccc(Cl)nc1)Nc1ccc2c(c1)C(=O)c1ccccc1C2=O. The Morgan fingerprint density at radius 2 is 1.57 bits per heavy atom. The quantitative estimate of drug-likeness (QED) is 0.401. The molecule has 1 aliphatic rings. The fourth-order valence-electron chi connectivity index (χ4n) is 3.09. The van der Waals surface area contributed by atoms with E-state index in [2.05, 4.69) is 10.3 Å². The second-order valence-corrected chi connectivity index (χ2v) is 6.85. The van der Waals surface area contributed by atoms with Crippen LogP contribution in [0.5, 0.6) is 0 Å². The van der Waals surface area contributed by atoms with Gasteiger partial charge in [0, 0.05) is 34.1 Å². The molecule has 1 amide bonds. The zero-order valence-electron chi connectivity index (χ0n) is 15.3. The average molecular weight is 421 g/mol. The van der Waals surface area contributed by atoms with Crippen LogP contribution in [0.1, 0.15) is 42.2 Å². The number of nitrogens with zero attached hydrogens (tertiary/aromatic N) is 1. The first kappa shape index (κ1) is 19.5. The number of ketones is 2. The van der Waals surface area contributed by atoms with Gasteiger partial charge < -0.3 is 10.1 Å². The van der Waals surface area contributed by atoms with Crippen molar-refractivity contribution in [3.8, 4) is 0 Å². The van der Waals surface area contributed by atoms with E-state index in [0.29, 0.717) is 16.8 Å². The molecule has 0 saturated heterocycles. The highest BCUT2D eigenvalue weighted by Crippen LogP contribution is 2.29. The smallest absolute Gasteiger partial charge is 0.340 e. The highest BCUT2D eigenvalue weighted by molar-refractivity contribution is 6.29. The predicted molar refractivity (Wildman–Crippen MR) is 108 cm³/mol. The Morgan fingerprint density at radius 3 is 2.23 bits per heavy atom. The molecule has 1 aromatic heterocycles. The number of rotatable bonds is 4. The van der Waals surface area contributed by atoms with Crippen LogP contribution in [0.3, 0.4) is 0 Å². The van der Waals surface area contributed by atoms with Crippen molar-refractivity contribution in [1.82, 2.24) is 4.98 Å². The van der Waals surface area contributed by atoms with Crippen LogP contribution in [0.4, 0.5) is 5.69 Å². The molecule has 0 radical (unpaired) electrons. The third kappa shape index (κ3) is 3.70. The zero-order valence-corrected chi connectivity index (χ0v) is 16.1. The maximum Gasteiger partial charge on any atom is 0.340 e. The third-order valence-electron chi connectivity index (χ3n) is 4.51.